The minimum absolute atomic E-state index is 1.23. The lowest BCUT2D eigenvalue weighted by Gasteiger charge is -1.95. The van der Waals surface area contributed by atoms with Crippen LogP contribution in [0.4, 0.5) is 0 Å². The van der Waals surface area contributed by atoms with Crippen LogP contribution >= 0.6 is 0 Å². The summed E-state index contributed by atoms with van der Waals surface area (Å²) in [5.74, 6) is -1.23. The predicted octanol–water partition coefficient (Wildman–Crippen LogP) is -0.466. The zero-order valence-corrected chi connectivity index (χ0v) is 4.44. The molecule has 9 heavy (non-hydrogen) atoms. The quantitative estimate of drug-likeness (QED) is 0.475. The van der Waals surface area contributed by atoms with Crippen LogP contribution in [0, 0.1) is 39.9 Å². The van der Waals surface area contributed by atoms with Crippen LogP contribution in [0.25, 0.3) is 0 Å². The summed E-state index contributed by atoms with van der Waals surface area (Å²) in [4.78, 5) is 0. The Morgan fingerprint density at radius 1 is 1.00 bits per heavy atom. The van der Waals surface area contributed by atoms with Gasteiger partial charge in [-0.1, -0.05) is 0 Å². The van der Waals surface area contributed by atoms with Crippen molar-refractivity contribution in [2.45, 2.75) is 6.10 Å². The van der Waals surface area contributed by atoms with Gasteiger partial charge in [-0.25, -0.2) is 0 Å². The monoisotopic (exact) mass is 121 g/mol. The molecule has 0 amide bonds. The molecule has 1 atom stereocenters. The normalized spacial score (nSPS) is 11.0. The van der Waals surface area contributed by atoms with Gasteiger partial charge in [0, 0.05) is 0 Å². The third kappa shape index (κ3) is 1.78. The maximum atomic E-state index is 8.51. The van der Waals surface area contributed by atoms with E-state index >= 15 is 0 Å². The Balaban J connectivity index is 4.08. The maximum absolute atomic E-state index is 8.51. The summed E-state index contributed by atoms with van der Waals surface area (Å²) >= 11 is 0. The summed E-state index contributed by atoms with van der Waals surface area (Å²) < 4.78 is 0. The van der Waals surface area contributed by atoms with Crippen molar-refractivity contribution in [3.05, 3.63) is 0 Å². The lowest BCUT2D eigenvalue weighted by atomic mass is 10.1. The van der Waals surface area contributed by atoms with Crippen molar-refractivity contribution < 1.29 is 5.11 Å². The molecule has 0 rings (SSSR count). The molecule has 0 aliphatic rings. The van der Waals surface area contributed by atoms with Gasteiger partial charge in [0.05, 0.1) is 18.2 Å². The van der Waals surface area contributed by atoms with Gasteiger partial charge in [0.15, 0.2) is 12.0 Å². The molecule has 0 aliphatic heterocycles. The van der Waals surface area contributed by atoms with Crippen molar-refractivity contribution in [1.82, 2.24) is 0 Å². The van der Waals surface area contributed by atoms with Crippen molar-refractivity contribution in [2.75, 3.05) is 0 Å². The average Bonchev–Trinajstić information content (AvgIpc) is 1.90. The van der Waals surface area contributed by atoms with Crippen LogP contribution in [0.1, 0.15) is 0 Å². The van der Waals surface area contributed by atoms with Gasteiger partial charge in [0.25, 0.3) is 0 Å². The van der Waals surface area contributed by atoms with Crippen LogP contribution in [0.5, 0.6) is 0 Å². The zero-order chi connectivity index (χ0) is 7.28. The van der Waals surface area contributed by atoms with Crippen LogP contribution in [0.3, 0.4) is 0 Å². The lowest BCUT2D eigenvalue weighted by molar-refractivity contribution is 0.209. The number of hydrogen-bond acceptors (Lipinski definition) is 4. The molecule has 0 saturated heterocycles. The van der Waals surface area contributed by atoms with E-state index in [2.05, 4.69) is 0 Å². The van der Waals surface area contributed by atoms with E-state index in [4.69, 9.17) is 20.9 Å². The molecule has 1 unspecified atom stereocenters. The van der Waals surface area contributed by atoms with Gasteiger partial charge in [-0.3, -0.25) is 0 Å². The standard InChI is InChI=1S/C5H3N3O/c6-1-4(2-7)5(9)3-8/h4-5,9H. The predicted molar refractivity (Wildman–Crippen MR) is 26.3 cm³/mol. The van der Waals surface area contributed by atoms with Gasteiger partial charge in [0.1, 0.15) is 0 Å². The van der Waals surface area contributed by atoms with Crippen LogP contribution < -0.4 is 0 Å². The van der Waals surface area contributed by atoms with Crippen LogP contribution in [0.15, 0.2) is 0 Å². The molecule has 0 radical (unpaired) electrons. The largest absolute Gasteiger partial charge is 0.376 e. The topological polar surface area (TPSA) is 91.6 Å². The first-order valence-electron chi connectivity index (χ1n) is 2.13. The molecule has 0 bridgehead atoms. The summed E-state index contributed by atoms with van der Waals surface area (Å²) in [5.41, 5.74) is 0. The number of aliphatic hydroxyl groups is 1. The van der Waals surface area contributed by atoms with Crippen molar-refractivity contribution in [3.8, 4) is 18.2 Å². The number of nitrogens with zero attached hydrogens (tertiary/aromatic N) is 3. The van der Waals surface area contributed by atoms with Crippen LogP contribution in [-0.2, 0) is 0 Å². The molecule has 4 heteroatoms. The van der Waals surface area contributed by atoms with Crippen molar-refractivity contribution in [2.24, 2.45) is 5.92 Å². The van der Waals surface area contributed by atoms with Gasteiger partial charge >= 0.3 is 0 Å². The number of aliphatic hydroxyl groups excluding tert-OH is 1. The summed E-state index contributed by atoms with van der Waals surface area (Å²) in [6, 6.07) is 4.32. The third-order valence-electron chi connectivity index (χ3n) is 0.726. The van der Waals surface area contributed by atoms with E-state index in [1.165, 1.54) is 18.2 Å². The molecule has 0 aromatic heterocycles. The van der Waals surface area contributed by atoms with Gasteiger partial charge in [0.2, 0.25) is 0 Å². The molecule has 0 aromatic carbocycles. The molecule has 0 aromatic rings. The minimum atomic E-state index is -1.49. The zero-order valence-electron chi connectivity index (χ0n) is 4.44. The highest BCUT2D eigenvalue weighted by molar-refractivity contribution is 5.09. The third-order valence-corrected chi connectivity index (χ3v) is 0.726. The summed E-state index contributed by atoms with van der Waals surface area (Å²) in [7, 11) is 0. The van der Waals surface area contributed by atoms with E-state index in [9.17, 15) is 0 Å². The molecule has 4 nitrogen and oxygen atoms in total. The first-order chi connectivity index (χ1) is 4.26. The number of hydrogen-bond donors (Lipinski definition) is 1. The molecule has 0 spiro atoms. The Labute approximate surface area is 52.2 Å². The van der Waals surface area contributed by atoms with E-state index in [0.717, 1.165) is 0 Å². The Bertz CT molecular complexity index is 190. The molecule has 0 fully saturated rings. The highest BCUT2D eigenvalue weighted by atomic mass is 16.3. The van der Waals surface area contributed by atoms with Gasteiger partial charge < -0.3 is 5.11 Å². The summed E-state index contributed by atoms with van der Waals surface area (Å²) in [6.07, 6.45) is -1.49. The number of rotatable bonds is 1. The molecule has 44 valence electrons. The molecular weight excluding hydrogens is 118 g/mol. The highest BCUT2D eigenvalue weighted by Crippen LogP contribution is 1.97. The molecule has 0 heterocycles. The second kappa shape index (κ2) is 3.43. The van der Waals surface area contributed by atoms with Crippen molar-refractivity contribution >= 4 is 0 Å². The Morgan fingerprint density at radius 2 is 1.44 bits per heavy atom. The SMILES string of the molecule is N#CC(O)C(C#N)C#N. The van der Waals surface area contributed by atoms with Crippen LogP contribution in [-0.4, -0.2) is 11.2 Å². The van der Waals surface area contributed by atoms with E-state index in [-0.39, 0.29) is 0 Å². The molecule has 0 saturated carbocycles. The molecule has 1 N–H and O–H groups in total. The minimum Gasteiger partial charge on any atom is -0.376 e. The summed E-state index contributed by atoms with van der Waals surface area (Å²) in [5, 5.41) is 32.6. The van der Waals surface area contributed by atoms with Gasteiger partial charge in [-0.15, -0.1) is 0 Å². The first-order valence-corrected chi connectivity index (χ1v) is 2.13. The fourth-order valence-corrected chi connectivity index (χ4v) is 0.245. The Kier molecular flexibility index (Phi) is 2.84. The molecule has 0 aliphatic carbocycles. The van der Waals surface area contributed by atoms with E-state index in [1.54, 1.807) is 0 Å². The fourth-order valence-electron chi connectivity index (χ4n) is 0.245. The van der Waals surface area contributed by atoms with E-state index < -0.39 is 12.0 Å². The Hall–Kier alpha value is -1.57. The first kappa shape index (κ1) is 7.43. The fraction of sp³-hybridized carbons (Fsp3) is 0.400. The van der Waals surface area contributed by atoms with E-state index in [0.29, 0.717) is 0 Å². The Morgan fingerprint density at radius 3 is 1.56 bits per heavy atom. The lowest BCUT2D eigenvalue weighted by Crippen LogP contribution is -2.14. The second-order valence-electron chi connectivity index (χ2n) is 1.31. The number of nitriles is 3. The van der Waals surface area contributed by atoms with Gasteiger partial charge in [-0.2, -0.15) is 15.8 Å². The maximum Gasteiger partial charge on any atom is 0.172 e. The smallest absolute Gasteiger partial charge is 0.172 e. The summed E-state index contributed by atoms with van der Waals surface area (Å²) in [6.45, 7) is 0. The van der Waals surface area contributed by atoms with E-state index in [1.807, 2.05) is 0 Å². The average molecular weight is 121 g/mol. The highest BCUT2D eigenvalue weighted by Gasteiger charge is 2.15. The molecular formula is C5H3N3O. The van der Waals surface area contributed by atoms with Crippen molar-refractivity contribution in [3.63, 3.8) is 0 Å². The second-order valence-corrected chi connectivity index (χ2v) is 1.31. The van der Waals surface area contributed by atoms with Crippen LogP contribution in [0.2, 0.25) is 0 Å². The van der Waals surface area contributed by atoms with Gasteiger partial charge in [-0.05, 0) is 0 Å². The van der Waals surface area contributed by atoms with Crippen molar-refractivity contribution in [1.29, 1.82) is 15.8 Å².